The van der Waals surface area contributed by atoms with E-state index in [-0.39, 0.29) is 17.9 Å². The fourth-order valence-electron chi connectivity index (χ4n) is 1.62. The second-order valence-corrected chi connectivity index (χ2v) is 5.37. The van der Waals surface area contributed by atoms with Gasteiger partial charge in [0.2, 0.25) is 5.91 Å². The lowest BCUT2D eigenvalue weighted by Gasteiger charge is -2.24. The number of nitrogens with zero attached hydrogens (tertiary/aromatic N) is 1. The quantitative estimate of drug-likeness (QED) is 0.846. The van der Waals surface area contributed by atoms with E-state index in [1.54, 1.807) is 11.3 Å². The van der Waals surface area contributed by atoms with Gasteiger partial charge in [0, 0.05) is 12.5 Å². The lowest BCUT2D eigenvalue weighted by Crippen LogP contribution is -2.36. The molecule has 0 bridgehead atoms. The summed E-state index contributed by atoms with van der Waals surface area (Å²) in [5, 5.41) is 7.24. The maximum atomic E-state index is 11.7. The van der Waals surface area contributed by atoms with E-state index in [9.17, 15) is 4.79 Å². The first kappa shape index (κ1) is 14.2. The molecule has 0 aliphatic carbocycles. The van der Waals surface area contributed by atoms with Crippen molar-refractivity contribution < 1.29 is 4.79 Å². The summed E-state index contributed by atoms with van der Waals surface area (Å²) >= 11 is 1.69. The molecule has 0 radical (unpaired) electrons. The number of amides is 1. The average molecular weight is 254 g/mol. The van der Waals surface area contributed by atoms with Crippen molar-refractivity contribution in [2.75, 3.05) is 20.6 Å². The van der Waals surface area contributed by atoms with Gasteiger partial charge in [0.05, 0.1) is 6.04 Å². The van der Waals surface area contributed by atoms with Crippen molar-refractivity contribution in [3.63, 3.8) is 0 Å². The molecular formula is C13H22N2OS. The molecule has 0 spiro atoms. The molecule has 96 valence electrons. The van der Waals surface area contributed by atoms with Gasteiger partial charge in [-0.05, 0) is 42.9 Å². The van der Waals surface area contributed by atoms with Gasteiger partial charge >= 0.3 is 0 Å². The van der Waals surface area contributed by atoms with Crippen LogP contribution in [-0.4, -0.2) is 31.4 Å². The Morgan fingerprint density at radius 2 is 2.24 bits per heavy atom. The van der Waals surface area contributed by atoms with Gasteiger partial charge in [-0.2, -0.15) is 11.3 Å². The predicted octanol–water partition coefficient (Wildman–Crippen LogP) is 2.51. The van der Waals surface area contributed by atoms with Crippen LogP contribution in [0, 0.1) is 5.92 Å². The second kappa shape index (κ2) is 6.77. The summed E-state index contributed by atoms with van der Waals surface area (Å²) in [5.41, 5.74) is 1.27. The minimum Gasteiger partial charge on any atom is -0.354 e. The van der Waals surface area contributed by atoms with Crippen molar-refractivity contribution >= 4 is 17.2 Å². The summed E-state index contributed by atoms with van der Waals surface area (Å²) in [5.74, 6) is 0.245. The van der Waals surface area contributed by atoms with Gasteiger partial charge in [-0.15, -0.1) is 0 Å². The van der Waals surface area contributed by atoms with E-state index in [1.165, 1.54) is 5.56 Å². The van der Waals surface area contributed by atoms with Crippen LogP contribution in [0.1, 0.15) is 31.9 Å². The van der Waals surface area contributed by atoms with Gasteiger partial charge < -0.3 is 10.2 Å². The zero-order valence-electron chi connectivity index (χ0n) is 11.1. The highest BCUT2D eigenvalue weighted by atomic mass is 32.1. The maximum Gasteiger partial charge on any atom is 0.222 e. The molecule has 0 aliphatic rings. The van der Waals surface area contributed by atoms with Gasteiger partial charge in [0.1, 0.15) is 0 Å². The lowest BCUT2D eigenvalue weighted by molar-refractivity contribution is -0.124. The molecule has 0 saturated carbocycles. The average Bonchev–Trinajstić information content (AvgIpc) is 2.81. The van der Waals surface area contributed by atoms with Crippen molar-refractivity contribution in [2.45, 2.75) is 26.3 Å². The smallest absolute Gasteiger partial charge is 0.222 e. The van der Waals surface area contributed by atoms with Gasteiger partial charge in [0.25, 0.3) is 0 Å². The van der Waals surface area contributed by atoms with Crippen LogP contribution in [0.15, 0.2) is 16.8 Å². The molecule has 1 rings (SSSR count). The molecule has 0 saturated heterocycles. The minimum atomic E-state index is 0.0975. The Kier molecular flexibility index (Phi) is 5.65. The van der Waals surface area contributed by atoms with Gasteiger partial charge in [-0.3, -0.25) is 4.79 Å². The van der Waals surface area contributed by atoms with Crippen molar-refractivity contribution in [3.8, 4) is 0 Å². The first-order chi connectivity index (χ1) is 8.06. The minimum absolute atomic E-state index is 0.0975. The molecule has 0 aliphatic heterocycles. The van der Waals surface area contributed by atoms with E-state index < -0.39 is 0 Å². The topological polar surface area (TPSA) is 32.3 Å². The van der Waals surface area contributed by atoms with Crippen LogP contribution in [0.25, 0.3) is 0 Å². The van der Waals surface area contributed by atoms with Crippen LogP contribution in [0.4, 0.5) is 0 Å². The molecule has 1 aromatic heterocycles. The maximum absolute atomic E-state index is 11.7. The van der Waals surface area contributed by atoms with Gasteiger partial charge in [-0.1, -0.05) is 13.8 Å². The van der Waals surface area contributed by atoms with Crippen LogP contribution in [0.2, 0.25) is 0 Å². The standard InChI is InChI=1S/C13H22N2OS/c1-5-10(2)13(16)14-8-12(15(3)4)11-6-7-17-9-11/h6-7,9-10,12H,5,8H2,1-4H3,(H,14,16)/t10-,12+/m1/s1. The summed E-state index contributed by atoms with van der Waals surface area (Å²) in [6, 6.07) is 2.37. The van der Waals surface area contributed by atoms with E-state index >= 15 is 0 Å². The van der Waals surface area contributed by atoms with Crippen molar-refractivity contribution in [2.24, 2.45) is 5.92 Å². The Bertz CT molecular complexity index is 335. The fourth-order valence-corrected chi connectivity index (χ4v) is 2.33. The van der Waals surface area contributed by atoms with Gasteiger partial charge in [0.15, 0.2) is 0 Å². The molecule has 0 unspecified atom stereocenters. The second-order valence-electron chi connectivity index (χ2n) is 4.59. The number of carbonyl (C=O) groups is 1. The van der Waals surface area contributed by atoms with Crippen LogP contribution >= 0.6 is 11.3 Å². The van der Waals surface area contributed by atoms with E-state index in [1.807, 2.05) is 27.9 Å². The zero-order valence-corrected chi connectivity index (χ0v) is 11.9. The predicted molar refractivity (Wildman–Crippen MR) is 73.2 cm³/mol. The van der Waals surface area contributed by atoms with E-state index in [4.69, 9.17) is 0 Å². The number of nitrogens with one attached hydrogen (secondary N) is 1. The molecule has 3 nitrogen and oxygen atoms in total. The fraction of sp³-hybridized carbons (Fsp3) is 0.615. The Morgan fingerprint density at radius 3 is 2.71 bits per heavy atom. The number of thiophene rings is 1. The molecule has 1 amide bonds. The summed E-state index contributed by atoms with van der Waals surface area (Å²) in [4.78, 5) is 13.9. The summed E-state index contributed by atoms with van der Waals surface area (Å²) in [6.45, 7) is 4.67. The summed E-state index contributed by atoms with van der Waals surface area (Å²) in [7, 11) is 4.08. The molecule has 1 aromatic rings. The Hall–Kier alpha value is -0.870. The first-order valence-corrected chi connectivity index (χ1v) is 6.96. The number of likely N-dealkylation sites (N-methyl/N-ethyl adjacent to an activating group) is 1. The van der Waals surface area contributed by atoms with Gasteiger partial charge in [-0.25, -0.2) is 0 Å². The highest BCUT2D eigenvalue weighted by Gasteiger charge is 2.17. The van der Waals surface area contributed by atoms with E-state index in [0.29, 0.717) is 6.54 Å². The normalized spacial score (nSPS) is 14.6. The van der Waals surface area contributed by atoms with Crippen LogP contribution < -0.4 is 5.32 Å². The molecule has 1 heterocycles. The number of carbonyl (C=O) groups excluding carboxylic acids is 1. The largest absolute Gasteiger partial charge is 0.354 e. The lowest BCUT2D eigenvalue weighted by atomic mass is 10.1. The zero-order chi connectivity index (χ0) is 12.8. The highest BCUT2D eigenvalue weighted by molar-refractivity contribution is 7.07. The molecule has 0 fully saturated rings. The Morgan fingerprint density at radius 1 is 1.53 bits per heavy atom. The third-order valence-electron chi connectivity index (χ3n) is 3.08. The Balaban J connectivity index is 2.55. The monoisotopic (exact) mass is 254 g/mol. The van der Waals surface area contributed by atoms with Crippen molar-refractivity contribution in [1.82, 2.24) is 10.2 Å². The summed E-state index contributed by atoms with van der Waals surface area (Å²) in [6.07, 6.45) is 0.886. The number of rotatable bonds is 6. The third-order valence-corrected chi connectivity index (χ3v) is 3.78. The first-order valence-electron chi connectivity index (χ1n) is 6.02. The van der Waals surface area contributed by atoms with E-state index in [0.717, 1.165) is 6.42 Å². The molecule has 4 heteroatoms. The highest BCUT2D eigenvalue weighted by Crippen LogP contribution is 2.20. The summed E-state index contributed by atoms with van der Waals surface area (Å²) < 4.78 is 0. The van der Waals surface area contributed by atoms with E-state index in [2.05, 4.69) is 27.0 Å². The van der Waals surface area contributed by atoms with Crippen molar-refractivity contribution in [1.29, 1.82) is 0 Å². The molecule has 1 N–H and O–H groups in total. The third kappa shape index (κ3) is 4.13. The molecule has 0 aromatic carbocycles. The number of hydrogen-bond donors (Lipinski definition) is 1. The SMILES string of the molecule is CC[C@@H](C)C(=O)NC[C@@H](c1ccsc1)N(C)C. The van der Waals surface area contributed by atoms with Crippen LogP contribution in [0.5, 0.6) is 0 Å². The van der Waals surface area contributed by atoms with Crippen LogP contribution in [0.3, 0.4) is 0 Å². The molecule has 17 heavy (non-hydrogen) atoms. The van der Waals surface area contributed by atoms with Crippen LogP contribution in [-0.2, 0) is 4.79 Å². The molecular weight excluding hydrogens is 232 g/mol. The number of hydrogen-bond acceptors (Lipinski definition) is 3. The van der Waals surface area contributed by atoms with Crippen molar-refractivity contribution in [3.05, 3.63) is 22.4 Å². The molecule has 2 atom stereocenters. The Labute approximate surface area is 108 Å².